The number of carbonyl (C=O) groups is 4. The van der Waals surface area contributed by atoms with Crippen LogP contribution in [0, 0.1) is 10.1 Å². The lowest BCUT2D eigenvalue weighted by Crippen LogP contribution is -2.31. The number of nitrogens with one attached hydrogen (secondary N) is 2. The maximum atomic E-state index is 13.7. The van der Waals surface area contributed by atoms with E-state index in [1.54, 1.807) is 66.7 Å². The molecule has 0 spiro atoms. The fourth-order valence-corrected chi connectivity index (χ4v) is 6.11. The van der Waals surface area contributed by atoms with E-state index in [0.717, 1.165) is 16.7 Å². The zero-order chi connectivity index (χ0) is 35.1. The Hall–Kier alpha value is -6.15. The highest BCUT2D eigenvalue weighted by Gasteiger charge is 2.40. The Bertz CT molecular complexity index is 1920. The average molecular weight is 683 g/mol. The molecule has 1 saturated heterocycles. The molecule has 0 radical (unpaired) electrons. The first kappa shape index (κ1) is 34.2. The molecule has 1 aliphatic heterocycles. The Morgan fingerprint density at radius 3 is 2.18 bits per heavy atom. The Labute approximate surface area is 285 Å². The molecule has 1 fully saturated rings. The van der Waals surface area contributed by atoms with Crippen molar-refractivity contribution in [3.05, 3.63) is 118 Å². The molecular weight excluding hydrogens is 652 g/mol. The van der Waals surface area contributed by atoms with Crippen molar-refractivity contribution in [1.82, 2.24) is 5.32 Å². The van der Waals surface area contributed by atoms with E-state index in [-0.39, 0.29) is 23.5 Å². The number of non-ortho nitro benzene ring substituents is 1. The van der Waals surface area contributed by atoms with Crippen molar-refractivity contribution in [1.29, 1.82) is 0 Å². The number of hydrogen-bond acceptors (Lipinski definition) is 10. The standard InChI is InChI=1S/C35H30N4O9S/c1-46-28-17-21(18-29(47-2)32(28)48-3)16-27(37-33(41)22-8-5-4-6-9-22)34(42)36-23-10-7-11-26(19-23)49-30-20-31(40)38(35(30)43)24-12-14-25(15-13-24)39(44)45/h4-19,30H,20H2,1-3H3,(H,36,42)(H,37,41)/b27-16-/t30-/m1/s1. The molecule has 1 aliphatic rings. The number of hydrogen-bond donors (Lipinski definition) is 2. The number of anilines is 2. The average Bonchev–Trinajstić information content (AvgIpc) is 3.39. The molecule has 0 unspecified atom stereocenters. The minimum absolute atomic E-state index is 0.0791. The zero-order valence-corrected chi connectivity index (χ0v) is 27.3. The van der Waals surface area contributed by atoms with Crippen LogP contribution in [0.15, 0.2) is 102 Å². The van der Waals surface area contributed by atoms with Gasteiger partial charge in [-0.25, -0.2) is 4.90 Å². The summed E-state index contributed by atoms with van der Waals surface area (Å²) in [6, 6.07) is 23.5. The summed E-state index contributed by atoms with van der Waals surface area (Å²) in [7, 11) is 4.39. The van der Waals surface area contributed by atoms with Crippen LogP contribution in [-0.2, 0) is 14.4 Å². The molecule has 14 heteroatoms. The number of amides is 4. The number of nitro groups is 1. The van der Waals surface area contributed by atoms with Gasteiger partial charge in [0, 0.05) is 34.7 Å². The summed E-state index contributed by atoms with van der Waals surface area (Å²) >= 11 is 1.15. The van der Waals surface area contributed by atoms with Crippen LogP contribution in [0.4, 0.5) is 17.1 Å². The van der Waals surface area contributed by atoms with Crippen molar-refractivity contribution in [2.24, 2.45) is 0 Å². The van der Waals surface area contributed by atoms with Gasteiger partial charge < -0.3 is 24.8 Å². The summed E-state index contributed by atoms with van der Waals surface area (Å²) in [5, 5.41) is 15.7. The molecule has 4 aromatic rings. The molecule has 4 aromatic carbocycles. The molecule has 2 N–H and O–H groups in total. The second-order valence-corrected chi connectivity index (χ2v) is 11.7. The monoisotopic (exact) mass is 682 g/mol. The van der Waals surface area contributed by atoms with Crippen molar-refractivity contribution in [3.63, 3.8) is 0 Å². The SMILES string of the molecule is COc1cc(/C=C(\NC(=O)c2ccccc2)C(=O)Nc2cccc(S[C@@H]3CC(=O)N(c4ccc([N+](=O)[O-])cc4)C3=O)c2)cc(OC)c1OC. The molecule has 13 nitrogen and oxygen atoms in total. The summed E-state index contributed by atoms with van der Waals surface area (Å²) < 4.78 is 16.3. The number of carbonyl (C=O) groups excluding carboxylic acids is 4. The van der Waals surface area contributed by atoms with Gasteiger partial charge in [-0.2, -0.15) is 0 Å². The Balaban J connectivity index is 1.37. The first-order valence-corrected chi connectivity index (χ1v) is 15.6. The van der Waals surface area contributed by atoms with Gasteiger partial charge in [-0.3, -0.25) is 29.3 Å². The highest BCUT2D eigenvalue weighted by Crippen LogP contribution is 2.39. The predicted molar refractivity (Wildman–Crippen MR) is 183 cm³/mol. The molecule has 0 aromatic heterocycles. The third-order valence-electron chi connectivity index (χ3n) is 7.32. The Kier molecular flexibility index (Phi) is 10.6. The number of benzene rings is 4. The van der Waals surface area contributed by atoms with Crippen LogP contribution in [-0.4, -0.2) is 55.1 Å². The molecule has 4 amide bonds. The van der Waals surface area contributed by atoms with Crippen molar-refractivity contribution in [2.75, 3.05) is 31.5 Å². The number of thioether (sulfide) groups is 1. The topological polar surface area (TPSA) is 166 Å². The Morgan fingerprint density at radius 2 is 1.57 bits per heavy atom. The molecule has 0 aliphatic carbocycles. The van der Waals surface area contributed by atoms with Gasteiger partial charge in [-0.15, -0.1) is 11.8 Å². The number of ether oxygens (including phenoxy) is 3. The minimum atomic E-state index is -0.755. The van der Waals surface area contributed by atoms with E-state index in [0.29, 0.717) is 39.0 Å². The number of imide groups is 1. The van der Waals surface area contributed by atoms with Crippen LogP contribution in [0.5, 0.6) is 17.2 Å². The van der Waals surface area contributed by atoms with Crippen LogP contribution < -0.4 is 29.7 Å². The lowest BCUT2D eigenvalue weighted by atomic mass is 10.1. The molecule has 0 saturated carbocycles. The highest BCUT2D eigenvalue weighted by molar-refractivity contribution is 8.00. The van der Waals surface area contributed by atoms with Gasteiger partial charge in [0.1, 0.15) is 5.70 Å². The summed E-state index contributed by atoms with van der Waals surface area (Å²) in [4.78, 5) is 64.9. The van der Waals surface area contributed by atoms with Gasteiger partial charge in [-0.05, 0) is 66.2 Å². The lowest BCUT2D eigenvalue weighted by molar-refractivity contribution is -0.384. The van der Waals surface area contributed by atoms with Gasteiger partial charge in [0.2, 0.25) is 17.6 Å². The van der Waals surface area contributed by atoms with Crippen LogP contribution in [0.2, 0.25) is 0 Å². The second-order valence-electron chi connectivity index (χ2n) is 10.5. The van der Waals surface area contributed by atoms with Crippen LogP contribution in [0.25, 0.3) is 6.08 Å². The quantitative estimate of drug-likeness (QED) is 0.0849. The summed E-state index contributed by atoms with van der Waals surface area (Å²) in [6.45, 7) is 0. The predicted octanol–water partition coefficient (Wildman–Crippen LogP) is 5.45. The van der Waals surface area contributed by atoms with E-state index in [4.69, 9.17) is 14.2 Å². The first-order chi connectivity index (χ1) is 23.6. The molecule has 1 heterocycles. The summed E-state index contributed by atoms with van der Waals surface area (Å²) in [6.07, 6.45) is 1.39. The summed E-state index contributed by atoms with van der Waals surface area (Å²) in [5.41, 5.74) is 1.17. The third kappa shape index (κ3) is 7.88. The van der Waals surface area contributed by atoms with E-state index in [1.807, 2.05) is 0 Å². The van der Waals surface area contributed by atoms with Crippen molar-refractivity contribution in [2.45, 2.75) is 16.6 Å². The van der Waals surface area contributed by atoms with E-state index < -0.39 is 33.8 Å². The number of nitro benzene ring substituents is 1. The number of nitrogens with zero attached hydrogens (tertiary/aromatic N) is 2. The van der Waals surface area contributed by atoms with Crippen LogP contribution in [0.3, 0.4) is 0 Å². The van der Waals surface area contributed by atoms with Crippen LogP contribution >= 0.6 is 11.8 Å². The first-order valence-electron chi connectivity index (χ1n) is 14.7. The van der Waals surface area contributed by atoms with E-state index in [1.165, 1.54) is 51.7 Å². The molecule has 0 bridgehead atoms. The van der Waals surface area contributed by atoms with Gasteiger partial charge >= 0.3 is 0 Å². The smallest absolute Gasteiger partial charge is 0.272 e. The van der Waals surface area contributed by atoms with E-state index in [2.05, 4.69) is 10.6 Å². The van der Waals surface area contributed by atoms with Crippen molar-refractivity contribution >= 4 is 58.5 Å². The van der Waals surface area contributed by atoms with E-state index >= 15 is 0 Å². The van der Waals surface area contributed by atoms with Crippen molar-refractivity contribution < 1.29 is 38.3 Å². The zero-order valence-electron chi connectivity index (χ0n) is 26.5. The number of methoxy groups -OCH3 is 3. The van der Waals surface area contributed by atoms with Gasteiger partial charge in [-0.1, -0.05) is 24.3 Å². The normalized spacial score (nSPS) is 14.3. The fourth-order valence-electron chi connectivity index (χ4n) is 4.99. The maximum Gasteiger partial charge on any atom is 0.272 e. The minimum Gasteiger partial charge on any atom is -0.493 e. The molecule has 5 rings (SSSR count). The van der Waals surface area contributed by atoms with Gasteiger partial charge in [0.05, 0.1) is 37.2 Å². The third-order valence-corrected chi connectivity index (χ3v) is 8.50. The van der Waals surface area contributed by atoms with Crippen molar-refractivity contribution in [3.8, 4) is 17.2 Å². The molecule has 250 valence electrons. The molecule has 1 atom stereocenters. The molecule has 49 heavy (non-hydrogen) atoms. The maximum absolute atomic E-state index is 13.7. The Morgan fingerprint density at radius 1 is 0.898 bits per heavy atom. The van der Waals surface area contributed by atoms with Gasteiger partial charge in [0.25, 0.3) is 17.5 Å². The van der Waals surface area contributed by atoms with Gasteiger partial charge in [0.15, 0.2) is 11.5 Å². The largest absolute Gasteiger partial charge is 0.493 e. The molecular formula is C35H30N4O9S. The highest BCUT2D eigenvalue weighted by atomic mass is 32.2. The lowest BCUT2D eigenvalue weighted by Gasteiger charge is -2.15. The summed E-state index contributed by atoms with van der Waals surface area (Å²) in [5.74, 6) is -1.00. The van der Waals surface area contributed by atoms with E-state index in [9.17, 15) is 29.3 Å². The number of rotatable bonds is 12. The second kappa shape index (κ2) is 15.2. The van der Waals surface area contributed by atoms with Crippen LogP contribution in [0.1, 0.15) is 22.3 Å². The fraction of sp³-hybridized carbons (Fsp3) is 0.143.